The number of nitrogens with zero attached hydrogens (tertiary/aromatic N) is 3. The van der Waals surface area contributed by atoms with Gasteiger partial charge in [-0.3, -0.25) is 0 Å². The topological polar surface area (TPSA) is 49.2 Å². The molecule has 0 N–H and O–H groups in total. The Hall–Kier alpha value is -1.08. The summed E-state index contributed by atoms with van der Waals surface area (Å²) in [6, 6.07) is 1.94. The lowest BCUT2D eigenvalue weighted by molar-refractivity contribution is -0.148. The van der Waals surface area contributed by atoms with Gasteiger partial charge >= 0.3 is 0 Å². The Labute approximate surface area is 137 Å². The number of thioether (sulfide) groups is 1. The third kappa shape index (κ3) is 2.09. The molecule has 2 aromatic rings. The molecule has 4 rings (SSSR count). The summed E-state index contributed by atoms with van der Waals surface area (Å²) < 4.78 is 14.3. The molecule has 4 atom stereocenters. The maximum Gasteiger partial charge on any atom is 0.163 e. The van der Waals surface area contributed by atoms with Crippen LogP contribution in [0.2, 0.25) is 5.15 Å². The molecule has 5 nitrogen and oxygen atoms in total. The highest BCUT2D eigenvalue weighted by atomic mass is 35.5. The lowest BCUT2D eigenvalue weighted by Crippen LogP contribution is -2.27. The molecule has 2 aliphatic heterocycles. The summed E-state index contributed by atoms with van der Waals surface area (Å²) in [5.74, 6) is -0.578. The molecule has 0 aliphatic carbocycles. The van der Waals surface area contributed by atoms with Crippen LogP contribution in [0.3, 0.4) is 0 Å². The van der Waals surface area contributed by atoms with Crippen LogP contribution < -0.4 is 0 Å². The zero-order chi connectivity index (χ0) is 15.5. The largest absolute Gasteiger partial charge is 0.343 e. The zero-order valence-corrected chi connectivity index (χ0v) is 13.8. The van der Waals surface area contributed by atoms with Crippen LogP contribution in [0.4, 0.5) is 0 Å². The maximum atomic E-state index is 6.15. The van der Waals surface area contributed by atoms with Crippen LogP contribution >= 0.6 is 23.4 Å². The van der Waals surface area contributed by atoms with E-state index in [1.807, 2.05) is 32.2 Å². The molecule has 2 aromatic heterocycles. The Balaban J connectivity index is 1.78. The molecule has 0 radical (unpaired) electrons. The van der Waals surface area contributed by atoms with Gasteiger partial charge in [-0.25, -0.2) is 9.97 Å². The van der Waals surface area contributed by atoms with Gasteiger partial charge in [0.1, 0.15) is 34.7 Å². The minimum Gasteiger partial charge on any atom is -0.343 e. The van der Waals surface area contributed by atoms with Gasteiger partial charge in [-0.15, -0.1) is 18.3 Å². The summed E-state index contributed by atoms with van der Waals surface area (Å²) in [5.41, 5.74) is 0.814. The molecule has 0 aromatic carbocycles. The van der Waals surface area contributed by atoms with Gasteiger partial charge in [-0.05, 0) is 19.9 Å². The number of aromatic nitrogens is 3. The molecule has 4 heterocycles. The van der Waals surface area contributed by atoms with Crippen LogP contribution in [0.25, 0.3) is 11.0 Å². The molecular formula is C15H16ClN3O2S. The molecule has 22 heavy (non-hydrogen) atoms. The van der Waals surface area contributed by atoms with E-state index in [0.29, 0.717) is 5.15 Å². The summed E-state index contributed by atoms with van der Waals surface area (Å²) in [7, 11) is 0. The van der Waals surface area contributed by atoms with Crippen LogP contribution in [0.15, 0.2) is 31.2 Å². The summed E-state index contributed by atoms with van der Waals surface area (Å²) in [6.07, 6.45) is 5.35. The second kappa shape index (κ2) is 4.96. The molecule has 0 bridgehead atoms. The van der Waals surface area contributed by atoms with Crippen LogP contribution in [0.5, 0.6) is 0 Å². The fourth-order valence-corrected chi connectivity index (χ4v) is 4.82. The highest BCUT2D eigenvalue weighted by Gasteiger charge is 2.54. The molecular weight excluding hydrogens is 322 g/mol. The van der Waals surface area contributed by atoms with Gasteiger partial charge in [0, 0.05) is 6.20 Å². The normalized spacial score (nSPS) is 33.2. The fourth-order valence-electron chi connectivity index (χ4n) is 3.17. The Morgan fingerprint density at radius 1 is 1.36 bits per heavy atom. The van der Waals surface area contributed by atoms with Crippen molar-refractivity contribution in [2.45, 2.75) is 42.5 Å². The van der Waals surface area contributed by atoms with Crippen LogP contribution in [0, 0.1) is 0 Å². The first-order chi connectivity index (χ1) is 10.5. The first kappa shape index (κ1) is 14.5. The smallest absolute Gasteiger partial charge is 0.163 e. The standard InChI is InChI=1S/C15H16ClN3O2S/c1-4-9-10-11(21-15(2,3)20-10)14(22-9)19-6-5-8-12(16)17-7-18-13(8)19/h4-7,9-11,14H,1H2,2-3H3/t9-,10-,11-,14-/m1/s1. The third-order valence-corrected chi connectivity index (χ3v) is 5.88. The summed E-state index contributed by atoms with van der Waals surface area (Å²) in [6.45, 7) is 7.82. The second-order valence-corrected chi connectivity index (χ2v) is 7.57. The number of ether oxygens (including phenoxy) is 2. The predicted molar refractivity (Wildman–Crippen MR) is 87.0 cm³/mol. The van der Waals surface area contributed by atoms with Crippen LogP contribution in [-0.2, 0) is 9.47 Å². The molecule has 0 unspecified atom stereocenters. The van der Waals surface area contributed by atoms with E-state index in [-0.39, 0.29) is 22.8 Å². The molecule has 2 saturated heterocycles. The van der Waals surface area contributed by atoms with Gasteiger partial charge in [0.2, 0.25) is 0 Å². The first-order valence-electron chi connectivity index (χ1n) is 7.11. The lowest BCUT2D eigenvalue weighted by Gasteiger charge is -2.23. The zero-order valence-electron chi connectivity index (χ0n) is 12.3. The van der Waals surface area contributed by atoms with Crippen molar-refractivity contribution in [1.29, 1.82) is 0 Å². The van der Waals surface area contributed by atoms with Crippen molar-refractivity contribution in [1.82, 2.24) is 14.5 Å². The van der Waals surface area contributed by atoms with E-state index in [2.05, 4.69) is 21.1 Å². The molecule has 0 spiro atoms. The van der Waals surface area contributed by atoms with Crippen molar-refractivity contribution in [3.8, 4) is 0 Å². The van der Waals surface area contributed by atoms with Crippen molar-refractivity contribution in [2.75, 3.05) is 0 Å². The Morgan fingerprint density at radius 3 is 2.91 bits per heavy atom. The van der Waals surface area contributed by atoms with E-state index in [9.17, 15) is 0 Å². The highest BCUT2D eigenvalue weighted by Crippen LogP contribution is 2.51. The maximum absolute atomic E-state index is 6.15. The van der Waals surface area contributed by atoms with Crippen molar-refractivity contribution in [3.63, 3.8) is 0 Å². The Bertz CT molecular complexity index is 747. The summed E-state index contributed by atoms with van der Waals surface area (Å²) >= 11 is 7.92. The van der Waals surface area contributed by atoms with E-state index < -0.39 is 5.79 Å². The summed E-state index contributed by atoms with van der Waals surface area (Å²) in [4.78, 5) is 8.41. The van der Waals surface area contributed by atoms with E-state index in [0.717, 1.165) is 11.0 Å². The third-order valence-electron chi connectivity index (χ3n) is 4.03. The lowest BCUT2D eigenvalue weighted by atomic mass is 10.1. The average molecular weight is 338 g/mol. The minimum absolute atomic E-state index is 0.00254. The molecule has 0 saturated carbocycles. The van der Waals surface area contributed by atoms with E-state index >= 15 is 0 Å². The number of fused-ring (bicyclic) bond motifs is 2. The van der Waals surface area contributed by atoms with Crippen molar-refractivity contribution in [2.24, 2.45) is 0 Å². The fraction of sp³-hybridized carbons (Fsp3) is 0.467. The van der Waals surface area contributed by atoms with Gasteiger partial charge in [-0.1, -0.05) is 17.7 Å². The van der Waals surface area contributed by atoms with Gasteiger partial charge in [0.15, 0.2) is 5.79 Å². The molecule has 0 amide bonds. The van der Waals surface area contributed by atoms with Crippen LogP contribution in [-0.4, -0.2) is 37.8 Å². The van der Waals surface area contributed by atoms with Gasteiger partial charge in [-0.2, -0.15) is 0 Å². The predicted octanol–water partition coefficient (Wildman–Crippen LogP) is 3.40. The van der Waals surface area contributed by atoms with Crippen molar-refractivity contribution < 1.29 is 9.47 Å². The van der Waals surface area contributed by atoms with E-state index in [4.69, 9.17) is 21.1 Å². The van der Waals surface area contributed by atoms with Crippen molar-refractivity contribution >= 4 is 34.4 Å². The molecule has 2 fully saturated rings. The first-order valence-corrected chi connectivity index (χ1v) is 8.43. The van der Waals surface area contributed by atoms with E-state index in [1.165, 1.54) is 6.33 Å². The highest BCUT2D eigenvalue weighted by molar-refractivity contribution is 8.00. The monoisotopic (exact) mass is 337 g/mol. The molecule has 116 valence electrons. The van der Waals surface area contributed by atoms with Gasteiger partial charge < -0.3 is 14.0 Å². The summed E-state index contributed by atoms with van der Waals surface area (Å²) in [5, 5.41) is 1.57. The molecule has 2 aliphatic rings. The quantitative estimate of drug-likeness (QED) is 0.621. The van der Waals surface area contributed by atoms with Gasteiger partial charge in [0.05, 0.1) is 10.6 Å². The number of halogens is 1. The van der Waals surface area contributed by atoms with Gasteiger partial charge in [0.25, 0.3) is 0 Å². The second-order valence-electron chi connectivity index (χ2n) is 5.92. The molecule has 7 heteroatoms. The Kier molecular flexibility index (Phi) is 3.27. The number of hydrogen-bond donors (Lipinski definition) is 0. The SMILES string of the molecule is C=C[C@H]1S[C@@H](n2ccc3c(Cl)ncnc32)[C@@H]2OC(C)(C)O[C@@H]21. The minimum atomic E-state index is -0.578. The van der Waals surface area contributed by atoms with Crippen LogP contribution in [0.1, 0.15) is 19.2 Å². The number of hydrogen-bond acceptors (Lipinski definition) is 5. The number of rotatable bonds is 2. The van der Waals surface area contributed by atoms with E-state index in [1.54, 1.807) is 11.8 Å². The Morgan fingerprint density at radius 2 is 2.14 bits per heavy atom. The average Bonchev–Trinajstić information content (AvgIpc) is 3.10. The van der Waals surface area contributed by atoms with Crippen molar-refractivity contribution in [3.05, 3.63) is 36.4 Å².